The minimum Gasteiger partial charge on any atom is -0.376 e. The first-order valence-electron chi connectivity index (χ1n) is 5.36. The highest BCUT2D eigenvalue weighted by atomic mass is 35.5. The molecule has 0 saturated carbocycles. The van der Waals surface area contributed by atoms with Crippen LogP contribution in [0.15, 0.2) is 24.3 Å². The van der Waals surface area contributed by atoms with E-state index in [2.05, 4.69) is 5.32 Å². The highest BCUT2D eigenvalue weighted by Gasteiger charge is 2.28. The van der Waals surface area contributed by atoms with E-state index < -0.39 is 5.79 Å². The topological polar surface area (TPSA) is 30.5 Å². The van der Waals surface area contributed by atoms with Gasteiger partial charge in [-0.3, -0.25) is 0 Å². The number of benzene rings is 1. The third-order valence-electron chi connectivity index (χ3n) is 2.50. The van der Waals surface area contributed by atoms with Crippen molar-refractivity contribution >= 4 is 17.3 Å². The molecule has 0 aliphatic carbocycles. The Labute approximate surface area is 101 Å². The fraction of sp³-hybridized carbons (Fsp3) is 0.500. The van der Waals surface area contributed by atoms with Crippen LogP contribution in [0, 0.1) is 0 Å². The van der Waals surface area contributed by atoms with Gasteiger partial charge in [0.1, 0.15) is 0 Å². The molecule has 1 saturated heterocycles. The second-order valence-electron chi connectivity index (χ2n) is 4.34. The Balaban J connectivity index is 1.95. The van der Waals surface area contributed by atoms with Gasteiger partial charge in [-0.25, -0.2) is 0 Å². The molecule has 1 aromatic rings. The molecule has 1 fully saturated rings. The standard InChI is InChI=1S/C12H16ClNO2/c1-12(2)15-7-9(8-16-12)14-11-6-4-3-5-10(11)13/h3-6,9,14H,7-8H2,1-2H3. The third kappa shape index (κ3) is 2.88. The quantitative estimate of drug-likeness (QED) is 0.864. The Bertz CT molecular complexity index is 358. The number of rotatable bonds is 2. The predicted molar refractivity (Wildman–Crippen MR) is 64.8 cm³/mol. The van der Waals surface area contributed by atoms with Crippen LogP contribution in [-0.2, 0) is 9.47 Å². The summed E-state index contributed by atoms with van der Waals surface area (Å²) in [6.45, 7) is 5.08. The summed E-state index contributed by atoms with van der Waals surface area (Å²) in [6, 6.07) is 7.81. The van der Waals surface area contributed by atoms with Crippen LogP contribution in [-0.4, -0.2) is 25.0 Å². The number of halogens is 1. The molecule has 1 aliphatic heterocycles. The van der Waals surface area contributed by atoms with Crippen molar-refractivity contribution in [2.24, 2.45) is 0 Å². The first-order chi connectivity index (χ1) is 7.57. The molecule has 3 nitrogen and oxygen atoms in total. The van der Waals surface area contributed by atoms with Crippen LogP contribution in [0.5, 0.6) is 0 Å². The molecule has 0 atom stereocenters. The van der Waals surface area contributed by atoms with Crippen molar-refractivity contribution in [3.05, 3.63) is 29.3 Å². The maximum absolute atomic E-state index is 6.06. The molecular weight excluding hydrogens is 226 g/mol. The van der Waals surface area contributed by atoms with Gasteiger partial charge in [0.05, 0.1) is 30.0 Å². The number of ether oxygens (including phenoxy) is 2. The maximum atomic E-state index is 6.06. The molecule has 0 amide bonds. The van der Waals surface area contributed by atoms with Crippen LogP contribution in [0.1, 0.15) is 13.8 Å². The largest absolute Gasteiger partial charge is 0.376 e. The zero-order valence-corrected chi connectivity index (χ0v) is 10.3. The van der Waals surface area contributed by atoms with Crippen LogP contribution in [0.25, 0.3) is 0 Å². The van der Waals surface area contributed by atoms with Gasteiger partial charge >= 0.3 is 0 Å². The van der Waals surface area contributed by atoms with Gasteiger partial charge in [-0.15, -0.1) is 0 Å². The van der Waals surface area contributed by atoms with Crippen molar-refractivity contribution in [3.63, 3.8) is 0 Å². The second kappa shape index (κ2) is 4.62. The van der Waals surface area contributed by atoms with Crippen LogP contribution < -0.4 is 5.32 Å². The normalized spacial score (nSPS) is 20.7. The van der Waals surface area contributed by atoms with Crippen LogP contribution in [0.3, 0.4) is 0 Å². The van der Waals surface area contributed by atoms with Crippen molar-refractivity contribution in [3.8, 4) is 0 Å². The van der Waals surface area contributed by atoms with E-state index in [0.717, 1.165) is 5.69 Å². The summed E-state index contributed by atoms with van der Waals surface area (Å²) >= 11 is 6.06. The summed E-state index contributed by atoms with van der Waals surface area (Å²) in [5, 5.41) is 4.02. The number of nitrogens with one attached hydrogen (secondary N) is 1. The van der Waals surface area contributed by atoms with Crippen molar-refractivity contribution in [1.82, 2.24) is 0 Å². The van der Waals surface area contributed by atoms with Gasteiger partial charge in [0, 0.05) is 0 Å². The number of hydrogen-bond donors (Lipinski definition) is 1. The van der Waals surface area contributed by atoms with E-state index in [4.69, 9.17) is 21.1 Å². The van der Waals surface area contributed by atoms with E-state index in [1.165, 1.54) is 0 Å². The van der Waals surface area contributed by atoms with E-state index in [9.17, 15) is 0 Å². The molecule has 4 heteroatoms. The molecule has 0 aromatic heterocycles. The Morgan fingerprint density at radius 1 is 1.25 bits per heavy atom. The van der Waals surface area contributed by atoms with Gasteiger partial charge in [-0.1, -0.05) is 23.7 Å². The highest BCUT2D eigenvalue weighted by molar-refractivity contribution is 6.33. The smallest absolute Gasteiger partial charge is 0.162 e. The minimum atomic E-state index is -0.474. The van der Waals surface area contributed by atoms with Gasteiger partial charge in [-0.2, -0.15) is 0 Å². The Kier molecular flexibility index (Phi) is 3.38. The van der Waals surface area contributed by atoms with E-state index in [0.29, 0.717) is 18.2 Å². The van der Waals surface area contributed by atoms with E-state index in [1.807, 2.05) is 38.1 Å². The first kappa shape index (κ1) is 11.7. The fourth-order valence-electron chi connectivity index (χ4n) is 1.57. The van der Waals surface area contributed by atoms with Crippen LogP contribution in [0.2, 0.25) is 5.02 Å². The van der Waals surface area contributed by atoms with Crippen molar-refractivity contribution in [2.45, 2.75) is 25.7 Å². The molecule has 0 bridgehead atoms. The molecule has 1 N–H and O–H groups in total. The van der Waals surface area contributed by atoms with E-state index in [-0.39, 0.29) is 6.04 Å². The summed E-state index contributed by atoms with van der Waals surface area (Å²) in [4.78, 5) is 0. The van der Waals surface area contributed by atoms with E-state index in [1.54, 1.807) is 0 Å². The zero-order chi connectivity index (χ0) is 11.6. The van der Waals surface area contributed by atoms with Crippen LogP contribution >= 0.6 is 11.6 Å². The average Bonchev–Trinajstić information content (AvgIpc) is 2.24. The average molecular weight is 242 g/mol. The fourth-order valence-corrected chi connectivity index (χ4v) is 1.76. The molecule has 0 unspecified atom stereocenters. The van der Waals surface area contributed by atoms with Gasteiger partial charge in [-0.05, 0) is 26.0 Å². The molecule has 0 spiro atoms. The molecule has 88 valence electrons. The lowest BCUT2D eigenvalue weighted by molar-refractivity contribution is -0.247. The molecule has 0 radical (unpaired) electrons. The number of hydrogen-bond acceptors (Lipinski definition) is 3. The first-order valence-corrected chi connectivity index (χ1v) is 5.74. The monoisotopic (exact) mass is 241 g/mol. The molecule has 2 rings (SSSR count). The highest BCUT2D eigenvalue weighted by Crippen LogP contribution is 2.24. The summed E-state index contributed by atoms with van der Waals surface area (Å²) in [5.41, 5.74) is 0.918. The van der Waals surface area contributed by atoms with E-state index >= 15 is 0 Å². The van der Waals surface area contributed by atoms with Gasteiger partial charge < -0.3 is 14.8 Å². The molecular formula is C12H16ClNO2. The van der Waals surface area contributed by atoms with Gasteiger partial charge in [0.2, 0.25) is 0 Å². The zero-order valence-electron chi connectivity index (χ0n) is 9.50. The lowest BCUT2D eigenvalue weighted by Gasteiger charge is -2.35. The predicted octanol–water partition coefficient (Wildman–Crippen LogP) is 2.90. The van der Waals surface area contributed by atoms with Crippen molar-refractivity contribution in [2.75, 3.05) is 18.5 Å². The Morgan fingerprint density at radius 3 is 2.50 bits per heavy atom. The SMILES string of the molecule is CC1(C)OCC(Nc2ccccc2Cl)CO1. The molecule has 1 heterocycles. The van der Waals surface area contributed by atoms with Crippen molar-refractivity contribution < 1.29 is 9.47 Å². The lowest BCUT2D eigenvalue weighted by Crippen LogP contribution is -2.45. The summed E-state index contributed by atoms with van der Waals surface area (Å²) < 4.78 is 11.1. The van der Waals surface area contributed by atoms with Crippen LogP contribution in [0.4, 0.5) is 5.69 Å². The number of para-hydroxylation sites is 1. The second-order valence-corrected chi connectivity index (χ2v) is 4.75. The Morgan fingerprint density at radius 2 is 1.88 bits per heavy atom. The molecule has 16 heavy (non-hydrogen) atoms. The minimum absolute atomic E-state index is 0.146. The molecule has 1 aliphatic rings. The van der Waals surface area contributed by atoms with Crippen molar-refractivity contribution in [1.29, 1.82) is 0 Å². The summed E-state index contributed by atoms with van der Waals surface area (Å²) in [7, 11) is 0. The van der Waals surface area contributed by atoms with Gasteiger partial charge in [0.15, 0.2) is 5.79 Å². The number of anilines is 1. The van der Waals surface area contributed by atoms with Gasteiger partial charge in [0.25, 0.3) is 0 Å². The lowest BCUT2D eigenvalue weighted by atomic mass is 10.2. The molecule has 1 aromatic carbocycles. The summed E-state index contributed by atoms with van der Waals surface area (Å²) in [6.07, 6.45) is 0. The Hall–Kier alpha value is -0.770. The summed E-state index contributed by atoms with van der Waals surface area (Å²) in [5.74, 6) is -0.474. The maximum Gasteiger partial charge on any atom is 0.162 e. The third-order valence-corrected chi connectivity index (χ3v) is 2.83.